The Balaban J connectivity index is 1.40. The van der Waals surface area contributed by atoms with Gasteiger partial charge in [-0.15, -0.1) is 0 Å². The smallest absolute Gasteiger partial charge is 0.375 e. The number of rotatable bonds is 6. The molecule has 30 heavy (non-hydrogen) atoms. The third-order valence-corrected chi connectivity index (χ3v) is 5.97. The molecule has 0 spiro atoms. The Hall–Kier alpha value is -3.08. The molecule has 0 saturated heterocycles. The van der Waals surface area contributed by atoms with Crippen LogP contribution in [0, 0.1) is 6.92 Å². The monoisotopic (exact) mass is 406 g/mol. The SMILES string of the molecule is COc1ccc2oc(C(=O)OCC(=O)c3ccc(C4CCCCC4)cc3)c(C)c2c1. The van der Waals surface area contributed by atoms with Crippen LogP contribution in [0.4, 0.5) is 0 Å². The lowest BCUT2D eigenvalue weighted by molar-refractivity contribution is 0.0445. The predicted molar refractivity (Wildman–Crippen MR) is 114 cm³/mol. The van der Waals surface area contributed by atoms with Gasteiger partial charge in [-0.25, -0.2) is 4.79 Å². The van der Waals surface area contributed by atoms with Gasteiger partial charge in [-0.05, 0) is 49.4 Å². The van der Waals surface area contributed by atoms with Crippen molar-refractivity contribution in [3.63, 3.8) is 0 Å². The highest BCUT2D eigenvalue weighted by atomic mass is 16.5. The second-order valence-electron chi connectivity index (χ2n) is 7.87. The first-order valence-corrected chi connectivity index (χ1v) is 10.4. The van der Waals surface area contributed by atoms with Gasteiger partial charge < -0.3 is 13.9 Å². The summed E-state index contributed by atoms with van der Waals surface area (Å²) in [6.07, 6.45) is 6.29. The molecule has 1 saturated carbocycles. The van der Waals surface area contributed by atoms with Crippen molar-refractivity contribution < 1.29 is 23.5 Å². The van der Waals surface area contributed by atoms with Crippen molar-refractivity contribution in [1.82, 2.24) is 0 Å². The summed E-state index contributed by atoms with van der Waals surface area (Å²) in [5.41, 5.74) is 3.08. The number of furan rings is 1. The zero-order chi connectivity index (χ0) is 21.1. The first-order valence-electron chi connectivity index (χ1n) is 10.4. The van der Waals surface area contributed by atoms with Gasteiger partial charge in [0.15, 0.2) is 12.4 Å². The maximum absolute atomic E-state index is 12.5. The molecule has 3 aromatic rings. The number of methoxy groups -OCH3 is 1. The average molecular weight is 406 g/mol. The minimum absolute atomic E-state index is 0.110. The van der Waals surface area contributed by atoms with Crippen LogP contribution in [-0.2, 0) is 4.74 Å². The number of benzene rings is 2. The summed E-state index contributed by atoms with van der Waals surface area (Å²) in [6.45, 7) is 1.47. The summed E-state index contributed by atoms with van der Waals surface area (Å²) in [5, 5.41) is 0.783. The highest BCUT2D eigenvalue weighted by Gasteiger charge is 2.21. The maximum atomic E-state index is 12.5. The molecule has 1 fully saturated rings. The average Bonchev–Trinajstić information content (AvgIpc) is 3.13. The Morgan fingerprint density at radius 3 is 2.47 bits per heavy atom. The van der Waals surface area contributed by atoms with Crippen LogP contribution in [0.15, 0.2) is 46.9 Å². The molecule has 1 aromatic heterocycles. The van der Waals surface area contributed by atoms with Gasteiger partial charge in [0.2, 0.25) is 5.76 Å². The zero-order valence-electron chi connectivity index (χ0n) is 17.4. The van der Waals surface area contributed by atoms with E-state index in [1.165, 1.54) is 37.7 Å². The van der Waals surface area contributed by atoms with E-state index >= 15 is 0 Å². The molecule has 5 nitrogen and oxygen atoms in total. The molecule has 5 heteroatoms. The number of ketones is 1. The first kappa shape index (κ1) is 20.2. The van der Waals surface area contributed by atoms with E-state index in [0.29, 0.717) is 28.4 Å². The molecule has 1 aliphatic rings. The minimum atomic E-state index is -0.644. The molecule has 0 atom stereocenters. The lowest BCUT2D eigenvalue weighted by Gasteiger charge is -2.22. The lowest BCUT2D eigenvalue weighted by atomic mass is 9.84. The van der Waals surface area contributed by atoms with E-state index < -0.39 is 5.97 Å². The summed E-state index contributed by atoms with van der Waals surface area (Å²) < 4.78 is 16.1. The number of Topliss-reactive ketones (excluding diaryl/α,β-unsaturated/α-hetero) is 1. The van der Waals surface area contributed by atoms with Gasteiger partial charge in [0, 0.05) is 16.5 Å². The number of carbonyl (C=O) groups is 2. The zero-order valence-corrected chi connectivity index (χ0v) is 17.4. The second kappa shape index (κ2) is 8.74. The third-order valence-electron chi connectivity index (χ3n) is 5.97. The van der Waals surface area contributed by atoms with Gasteiger partial charge in [-0.1, -0.05) is 43.5 Å². The van der Waals surface area contributed by atoms with Gasteiger partial charge in [0.05, 0.1) is 7.11 Å². The van der Waals surface area contributed by atoms with Crippen LogP contribution in [0.2, 0.25) is 0 Å². The quantitative estimate of drug-likeness (QED) is 0.380. The molecule has 0 N–H and O–H groups in total. The number of carbonyl (C=O) groups excluding carboxylic acids is 2. The van der Waals surface area contributed by atoms with Gasteiger partial charge in [0.25, 0.3) is 0 Å². The number of fused-ring (bicyclic) bond motifs is 1. The summed E-state index contributed by atoms with van der Waals surface area (Å²) in [5.74, 6) is 0.510. The van der Waals surface area contributed by atoms with E-state index in [0.717, 1.165) is 5.39 Å². The number of aryl methyl sites for hydroxylation is 1. The van der Waals surface area contributed by atoms with Crippen LogP contribution in [0.3, 0.4) is 0 Å². The standard InChI is InChI=1S/C25H26O5/c1-16-21-14-20(28-2)12-13-23(21)30-24(16)25(27)29-15-22(26)19-10-8-18(9-11-19)17-6-4-3-5-7-17/h8-14,17H,3-7,15H2,1-2H3. The number of hydrogen-bond acceptors (Lipinski definition) is 5. The van der Waals surface area contributed by atoms with Gasteiger partial charge in [-0.3, -0.25) is 4.79 Å². The van der Waals surface area contributed by atoms with Crippen LogP contribution >= 0.6 is 0 Å². The number of ether oxygens (including phenoxy) is 2. The Kier molecular flexibility index (Phi) is 5.88. The lowest BCUT2D eigenvalue weighted by Crippen LogP contribution is -2.14. The van der Waals surface area contributed by atoms with E-state index in [1.807, 2.05) is 30.3 Å². The van der Waals surface area contributed by atoms with Crippen LogP contribution < -0.4 is 4.74 Å². The molecule has 0 unspecified atom stereocenters. The third kappa shape index (κ3) is 4.11. The van der Waals surface area contributed by atoms with E-state index in [-0.39, 0.29) is 18.2 Å². The van der Waals surface area contributed by atoms with Gasteiger partial charge in [0.1, 0.15) is 11.3 Å². The fraction of sp³-hybridized carbons (Fsp3) is 0.360. The topological polar surface area (TPSA) is 65.7 Å². The van der Waals surface area contributed by atoms with Crippen molar-refractivity contribution in [2.24, 2.45) is 0 Å². The van der Waals surface area contributed by atoms with Gasteiger partial charge in [-0.2, -0.15) is 0 Å². The maximum Gasteiger partial charge on any atom is 0.375 e. The molecule has 0 bridgehead atoms. The van der Waals surface area contributed by atoms with Crippen LogP contribution in [0.25, 0.3) is 11.0 Å². The predicted octanol–water partition coefficient (Wildman–Crippen LogP) is 5.84. The molecule has 1 heterocycles. The largest absolute Gasteiger partial charge is 0.497 e. The Morgan fingerprint density at radius 2 is 1.77 bits per heavy atom. The summed E-state index contributed by atoms with van der Waals surface area (Å²) in [6, 6.07) is 13.0. The van der Waals surface area contributed by atoms with Crippen LogP contribution in [-0.4, -0.2) is 25.5 Å². The van der Waals surface area contributed by atoms with Crippen molar-refractivity contribution in [2.75, 3.05) is 13.7 Å². The Morgan fingerprint density at radius 1 is 1.03 bits per heavy atom. The molecule has 156 valence electrons. The van der Waals surface area contributed by atoms with Gasteiger partial charge >= 0.3 is 5.97 Å². The highest BCUT2D eigenvalue weighted by molar-refractivity contribution is 6.00. The normalized spacial score (nSPS) is 14.6. The summed E-state index contributed by atoms with van der Waals surface area (Å²) in [4.78, 5) is 25.0. The molecule has 1 aliphatic carbocycles. The molecular weight excluding hydrogens is 380 g/mol. The van der Waals surface area contributed by atoms with Crippen molar-refractivity contribution in [2.45, 2.75) is 44.9 Å². The van der Waals surface area contributed by atoms with E-state index in [9.17, 15) is 9.59 Å². The van der Waals surface area contributed by atoms with E-state index in [1.54, 1.807) is 26.2 Å². The van der Waals surface area contributed by atoms with E-state index in [4.69, 9.17) is 13.9 Å². The van der Waals surface area contributed by atoms with Crippen LogP contribution in [0.1, 0.15) is 70.1 Å². The molecule has 0 radical (unpaired) electrons. The van der Waals surface area contributed by atoms with Crippen molar-refractivity contribution >= 4 is 22.7 Å². The molecule has 0 amide bonds. The van der Waals surface area contributed by atoms with E-state index in [2.05, 4.69) is 0 Å². The van der Waals surface area contributed by atoms with Crippen molar-refractivity contribution in [3.05, 3.63) is 64.9 Å². The van der Waals surface area contributed by atoms with Crippen molar-refractivity contribution in [3.8, 4) is 5.75 Å². The fourth-order valence-electron chi connectivity index (χ4n) is 4.18. The number of hydrogen-bond donors (Lipinski definition) is 0. The molecule has 0 aliphatic heterocycles. The molecule has 4 rings (SSSR count). The molecular formula is C25H26O5. The summed E-state index contributed by atoms with van der Waals surface area (Å²) in [7, 11) is 1.58. The highest BCUT2D eigenvalue weighted by Crippen LogP contribution is 2.33. The Bertz CT molecular complexity index is 1060. The summed E-state index contributed by atoms with van der Waals surface area (Å²) >= 11 is 0. The minimum Gasteiger partial charge on any atom is -0.497 e. The van der Waals surface area contributed by atoms with Crippen LogP contribution in [0.5, 0.6) is 5.75 Å². The Labute approximate surface area is 176 Å². The number of esters is 1. The second-order valence-corrected chi connectivity index (χ2v) is 7.87. The fourth-order valence-corrected chi connectivity index (χ4v) is 4.18. The first-order chi connectivity index (χ1) is 14.6. The molecule has 2 aromatic carbocycles. The van der Waals surface area contributed by atoms with Crippen molar-refractivity contribution in [1.29, 1.82) is 0 Å².